The smallest absolute Gasteiger partial charge is 0.194 e. The van der Waals surface area contributed by atoms with Crippen LogP contribution in [0.1, 0.15) is 45.4 Å². The van der Waals surface area contributed by atoms with E-state index in [2.05, 4.69) is 33.8 Å². The standard InChI is InChI=1S/C21H38N4O2S/c1-2-22-20(24-9-13-27-19(16-24)18-6-5-12-26-18)23-17-21(7-3-4-8-21)25-10-14-28-15-11-25/h18-19H,2-17H2,1H3,(H,22,23). The number of nitrogens with one attached hydrogen (secondary N) is 1. The van der Waals surface area contributed by atoms with E-state index in [9.17, 15) is 0 Å². The molecule has 3 heterocycles. The van der Waals surface area contributed by atoms with Crippen LogP contribution in [-0.2, 0) is 9.47 Å². The molecule has 2 atom stereocenters. The first kappa shape index (κ1) is 20.8. The van der Waals surface area contributed by atoms with Crippen molar-refractivity contribution in [2.24, 2.45) is 4.99 Å². The Kier molecular flexibility index (Phi) is 7.42. The molecule has 1 aliphatic carbocycles. The first-order valence-electron chi connectivity index (χ1n) is 11.4. The van der Waals surface area contributed by atoms with Crippen molar-refractivity contribution < 1.29 is 9.47 Å². The lowest BCUT2D eigenvalue weighted by atomic mass is 9.95. The molecule has 1 N–H and O–H groups in total. The summed E-state index contributed by atoms with van der Waals surface area (Å²) in [5, 5.41) is 3.56. The van der Waals surface area contributed by atoms with E-state index in [0.29, 0.717) is 5.54 Å². The Bertz CT molecular complexity index is 515. The van der Waals surface area contributed by atoms with Crippen LogP contribution in [0.3, 0.4) is 0 Å². The van der Waals surface area contributed by atoms with Crippen molar-refractivity contribution in [3.63, 3.8) is 0 Å². The maximum atomic E-state index is 6.05. The summed E-state index contributed by atoms with van der Waals surface area (Å²) in [5.41, 5.74) is 0.294. The van der Waals surface area contributed by atoms with Gasteiger partial charge in [0.05, 0.1) is 19.3 Å². The molecule has 7 heteroatoms. The van der Waals surface area contributed by atoms with Crippen molar-refractivity contribution in [1.29, 1.82) is 0 Å². The van der Waals surface area contributed by atoms with Gasteiger partial charge in [0.25, 0.3) is 0 Å². The molecule has 3 saturated heterocycles. The van der Waals surface area contributed by atoms with Crippen LogP contribution in [0.25, 0.3) is 0 Å². The monoisotopic (exact) mass is 410 g/mol. The van der Waals surface area contributed by atoms with E-state index in [1.54, 1.807) is 0 Å². The zero-order valence-corrected chi connectivity index (χ0v) is 18.4. The predicted octanol–water partition coefficient (Wildman–Crippen LogP) is 2.19. The molecule has 0 aromatic rings. The third-order valence-corrected chi connectivity index (χ3v) is 7.79. The average Bonchev–Trinajstić information content (AvgIpc) is 3.45. The highest BCUT2D eigenvalue weighted by atomic mass is 32.2. The highest BCUT2D eigenvalue weighted by molar-refractivity contribution is 7.99. The van der Waals surface area contributed by atoms with Gasteiger partial charge in [0.15, 0.2) is 5.96 Å². The summed E-state index contributed by atoms with van der Waals surface area (Å²) in [4.78, 5) is 10.4. The molecule has 4 fully saturated rings. The lowest BCUT2D eigenvalue weighted by molar-refractivity contribution is -0.0817. The highest BCUT2D eigenvalue weighted by Gasteiger charge is 2.40. The average molecular weight is 411 g/mol. The van der Waals surface area contributed by atoms with Crippen molar-refractivity contribution in [2.45, 2.75) is 63.2 Å². The van der Waals surface area contributed by atoms with E-state index in [0.717, 1.165) is 58.2 Å². The molecule has 0 amide bonds. The first-order valence-corrected chi connectivity index (χ1v) is 12.6. The fraction of sp³-hybridized carbons (Fsp3) is 0.952. The van der Waals surface area contributed by atoms with E-state index < -0.39 is 0 Å². The van der Waals surface area contributed by atoms with Crippen molar-refractivity contribution in [2.75, 3.05) is 64.0 Å². The molecular weight excluding hydrogens is 372 g/mol. The van der Waals surface area contributed by atoms with Gasteiger partial charge in [-0.25, -0.2) is 0 Å². The Morgan fingerprint density at radius 2 is 1.86 bits per heavy atom. The maximum absolute atomic E-state index is 6.05. The summed E-state index contributed by atoms with van der Waals surface area (Å²) in [6.07, 6.45) is 8.06. The minimum atomic E-state index is 0.180. The summed E-state index contributed by atoms with van der Waals surface area (Å²) in [6.45, 7) is 9.94. The zero-order valence-electron chi connectivity index (χ0n) is 17.5. The van der Waals surface area contributed by atoms with Gasteiger partial charge in [-0.15, -0.1) is 0 Å². The van der Waals surface area contributed by atoms with Gasteiger partial charge in [-0.2, -0.15) is 11.8 Å². The summed E-state index contributed by atoms with van der Waals surface area (Å²) < 4.78 is 11.9. The first-order chi connectivity index (χ1) is 13.8. The fourth-order valence-electron chi connectivity index (χ4n) is 5.28. The van der Waals surface area contributed by atoms with Crippen molar-refractivity contribution in [3.05, 3.63) is 0 Å². The number of hydrogen-bond donors (Lipinski definition) is 1. The van der Waals surface area contributed by atoms with Crippen LogP contribution < -0.4 is 5.32 Å². The number of guanidine groups is 1. The Morgan fingerprint density at radius 3 is 2.57 bits per heavy atom. The van der Waals surface area contributed by atoms with E-state index in [-0.39, 0.29) is 12.2 Å². The lowest BCUT2D eigenvalue weighted by Gasteiger charge is -2.43. The van der Waals surface area contributed by atoms with E-state index >= 15 is 0 Å². The number of aliphatic imine (C=N–C) groups is 1. The zero-order chi connectivity index (χ0) is 19.2. The molecule has 0 spiro atoms. The highest BCUT2D eigenvalue weighted by Crippen LogP contribution is 2.37. The van der Waals surface area contributed by atoms with Crippen molar-refractivity contribution in [1.82, 2.24) is 15.1 Å². The number of ether oxygens (including phenoxy) is 2. The number of nitrogens with zero attached hydrogens (tertiary/aromatic N) is 3. The van der Waals surface area contributed by atoms with Crippen LogP contribution in [-0.4, -0.2) is 97.5 Å². The van der Waals surface area contributed by atoms with Crippen molar-refractivity contribution >= 4 is 17.7 Å². The Morgan fingerprint density at radius 1 is 1.07 bits per heavy atom. The van der Waals surface area contributed by atoms with Gasteiger partial charge in [-0.05, 0) is 32.6 Å². The van der Waals surface area contributed by atoms with E-state index in [1.165, 1.54) is 50.3 Å². The predicted molar refractivity (Wildman–Crippen MR) is 116 cm³/mol. The summed E-state index contributed by atoms with van der Waals surface area (Å²) in [7, 11) is 0. The molecule has 6 nitrogen and oxygen atoms in total. The fourth-order valence-corrected chi connectivity index (χ4v) is 6.18. The Balaban J connectivity index is 1.44. The minimum Gasteiger partial charge on any atom is -0.375 e. The van der Waals surface area contributed by atoms with Gasteiger partial charge in [0.2, 0.25) is 0 Å². The normalized spacial score (nSPS) is 32.0. The SMILES string of the molecule is CCNC(=NCC1(N2CCSCC2)CCCC1)N1CCOC(C2CCCO2)C1. The Labute approximate surface area is 174 Å². The lowest BCUT2D eigenvalue weighted by Crippen LogP contribution is -2.55. The van der Waals surface area contributed by atoms with E-state index in [1.807, 2.05) is 0 Å². The molecule has 4 rings (SSSR count). The molecule has 3 aliphatic heterocycles. The van der Waals surface area contributed by atoms with Gasteiger partial charge in [-0.3, -0.25) is 9.89 Å². The summed E-state index contributed by atoms with van der Waals surface area (Å²) in [6, 6.07) is 0. The molecule has 0 bridgehead atoms. The van der Waals surface area contributed by atoms with Crippen LogP contribution in [0.15, 0.2) is 4.99 Å². The second-order valence-electron chi connectivity index (χ2n) is 8.61. The minimum absolute atomic E-state index is 0.180. The molecule has 0 aromatic carbocycles. The topological polar surface area (TPSA) is 49.3 Å². The maximum Gasteiger partial charge on any atom is 0.194 e. The molecule has 2 unspecified atom stereocenters. The van der Waals surface area contributed by atoms with Crippen molar-refractivity contribution in [3.8, 4) is 0 Å². The van der Waals surface area contributed by atoms with E-state index in [4.69, 9.17) is 14.5 Å². The number of morpholine rings is 1. The van der Waals surface area contributed by atoms with Gasteiger partial charge >= 0.3 is 0 Å². The van der Waals surface area contributed by atoms with Gasteiger partial charge in [0, 0.05) is 56.4 Å². The molecular formula is C21H38N4O2S. The second kappa shape index (κ2) is 10.0. The second-order valence-corrected chi connectivity index (χ2v) is 9.83. The summed E-state index contributed by atoms with van der Waals surface area (Å²) >= 11 is 2.10. The summed E-state index contributed by atoms with van der Waals surface area (Å²) in [5.74, 6) is 3.63. The molecule has 4 aliphatic rings. The number of thioether (sulfide) groups is 1. The van der Waals surface area contributed by atoms with Crippen LogP contribution >= 0.6 is 11.8 Å². The van der Waals surface area contributed by atoms with Gasteiger partial charge in [0.1, 0.15) is 6.10 Å². The third-order valence-electron chi connectivity index (χ3n) is 6.85. The molecule has 28 heavy (non-hydrogen) atoms. The van der Waals surface area contributed by atoms with Gasteiger partial charge in [-0.1, -0.05) is 12.8 Å². The largest absolute Gasteiger partial charge is 0.375 e. The molecule has 0 radical (unpaired) electrons. The number of hydrogen-bond acceptors (Lipinski definition) is 5. The van der Waals surface area contributed by atoms with Crippen LogP contribution in [0.2, 0.25) is 0 Å². The van der Waals surface area contributed by atoms with Gasteiger partial charge < -0.3 is 19.7 Å². The van der Waals surface area contributed by atoms with Crippen LogP contribution in [0.4, 0.5) is 0 Å². The van der Waals surface area contributed by atoms with Crippen LogP contribution in [0.5, 0.6) is 0 Å². The third kappa shape index (κ3) is 4.79. The molecule has 1 saturated carbocycles. The molecule has 0 aromatic heterocycles. The quantitative estimate of drug-likeness (QED) is 0.554. The van der Waals surface area contributed by atoms with Crippen LogP contribution in [0, 0.1) is 0 Å². The number of rotatable bonds is 5. The molecule has 160 valence electrons. The Hall–Kier alpha value is -0.500.